The first-order chi connectivity index (χ1) is 9.54. The molecule has 114 valence electrons. The molecule has 21 heavy (non-hydrogen) atoms. The van der Waals surface area contributed by atoms with Gasteiger partial charge in [0.1, 0.15) is 0 Å². The van der Waals surface area contributed by atoms with Gasteiger partial charge in [0, 0.05) is 22.4 Å². The second kappa shape index (κ2) is 9.37. The van der Waals surface area contributed by atoms with Crippen LogP contribution in [0.5, 0.6) is 11.5 Å². The van der Waals surface area contributed by atoms with E-state index < -0.39 is 10.1 Å². The van der Waals surface area contributed by atoms with Crippen molar-refractivity contribution >= 4 is 21.5 Å². The van der Waals surface area contributed by atoms with E-state index in [1.165, 1.54) is 0 Å². The van der Waals surface area contributed by atoms with Gasteiger partial charge in [-0.15, -0.1) is 11.3 Å². The first kappa shape index (κ1) is 19.3. The maximum atomic E-state index is 10.4. The van der Waals surface area contributed by atoms with E-state index in [0.717, 1.165) is 37.2 Å². The van der Waals surface area contributed by atoms with Crippen LogP contribution in [-0.2, 0) is 10.1 Å². The number of rotatable bonds is 7. The normalized spacial score (nSPS) is 15.3. The third-order valence-electron chi connectivity index (χ3n) is 3.30. The van der Waals surface area contributed by atoms with Crippen LogP contribution in [0.1, 0.15) is 32.1 Å². The van der Waals surface area contributed by atoms with Crippen LogP contribution in [0.2, 0.25) is 0 Å². The molecular formula is C13H19NaO5S2. The van der Waals surface area contributed by atoms with E-state index in [2.05, 4.69) is 0 Å². The predicted octanol–water partition coefficient (Wildman–Crippen LogP) is -0.365. The Morgan fingerprint density at radius 1 is 1.10 bits per heavy atom. The Hall–Kier alpha value is 0.210. The molecule has 1 aromatic heterocycles. The third-order valence-corrected chi connectivity index (χ3v) is 4.79. The molecule has 5 nitrogen and oxygen atoms in total. The van der Waals surface area contributed by atoms with E-state index in [-0.39, 0.29) is 35.3 Å². The Morgan fingerprint density at radius 2 is 1.67 bits per heavy atom. The number of thiophene rings is 1. The maximum absolute atomic E-state index is 10.4. The van der Waals surface area contributed by atoms with Crippen LogP contribution in [0.15, 0.2) is 10.8 Å². The van der Waals surface area contributed by atoms with Gasteiger partial charge >= 0.3 is 29.6 Å². The number of hydrogen-bond donors (Lipinski definition) is 0. The molecule has 0 N–H and O–H groups in total. The molecule has 0 unspecified atom stereocenters. The molecular weight excluding hydrogens is 323 g/mol. The molecule has 2 rings (SSSR count). The Bertz CT molecular complexity index is 492. The van der Waals surface area contributed by atoms with Gasteiger partial charge < -0.3 is 14.0 Å². The summed E-state index contributed by atoms with van der Waals surface area (Å²) in [6, 6.07) is 0. The van der Waals surface area contributed by atoms with Crippen LogP contribution in [0.3, 0.4) is 0 Å². The average Bonchev–Trinajstić information content (AvgIpc) is 2.74. The maximum Gasteiger partial charge on any atom is 1.00 e. The van der Waals surface area contributed by atoms with Gasteiger partial charge in [-0.25, -0.2) is 8.42 Å². The van der Waals surface area contributed by atoms with Crippen LogP contribution in [0.25, 0.3) is 0 Å². The molecule has 0 bridgehead atoms. The smallest absolute Gasteiger partial charge is 0.748 e. The Labute approximate surface area is 152 Å². The van der Waals surface area contributed by atoms with Crippen molar-refractivity contribution < 1.29 is 52.0 Å². The number of hydrogen-bond acceptors (Lipinski definition) is 6. The van der Waals surface area contributed by atoms with E-state index in [1.807, 2.05) is 10.8 Å². The van der Waals surface area contributed by atoms with Crippen LogP contribution in [0.4, 0.5) is 0 Å². The van der Waals surface area contributed by atoms with Crippen molar-refractivity contribution in [2.24, 2.45) is 5.92 Å². The fourth-order valence-electron chi connectivity index (χ4n) is 2.18. The minimum atomic E-state index is -4.05. The molecule has 0 radical (unpaired) electrons. The zero-order valence-electron chi connectivity index (χ0n) is 12.2. The van der Waals surface area contributed by atoms with Crippen molar-refractivity contribution in [2.45, 2.75) is 32.1 Å². The van der Waals surface area contributed by atoms with Crippen molar-refractivity contribution in [2.75, 3.05) is 19.0 Å². The number of ether oxygens (including phenoxy) is 2. The minimum absolute atomic E-state index is 0. The van der Waals surface area contributed by atoms with E-state index in [0.29, 0.717) is 25.6 Å². The van der Waals surface area contributed by atoms with Crippen molar-refractivity contribution in [3.8, 4) is 11.5 Å². The summed E-state index contributed by atoms with van der Waals surface area (Å²) >= 11 is 1.57. The molecule has 1 aromatic rings. The summed E-state index contributed by atoms with van der Waals surface area (Å²) in [5.74, 6) is 1.79. The van der Waals surface area contributed by atoms with E-state index >= 15 is 0 Å². The molecule has 1 aliphatic rings. The zero-order chi connectivity index (χ0) is 14.4. The largest absolute Gasteiger partial charge is 1.00 e. The monoisotopic (exact) mass is 342 g/mol. The zero-order valence-corrected chi connectivity index (χ0v) is 15.9. The molecule has 0 saturated heterocycles. The summed E-state index contributed by atoms with van der Waals surface area (Å²) in [6.45, 7) is 1.33. The predicted molar refractivity (Wildman–Crippen MR) is 76.4 cm³/mol. The van der Waals surface area contributed by atoms with Gasteiger partial charge in [0.05, 0.1) is 23.3 Å². The fourth-order valence-corrected chi connectivity index (χ4v) is 3.42. The fraction of sp³-hybridized carbons (Fsp3) is 0.692. The quantitative estimate of drug-likeness (QED) is 0.384. The molecule has 0 spiro atoms. The van der Waals surface area contributed by atoms with Crippen molar-refractivity contribution in [3.63, 3.8) is 0 Å². The SMILES string of the molecule is O=S(=O)([O-])CCCCCCC1COc2cscc2OC1.[Na+]. The molecule has 0 aromatic carbocycles. The van der Waals surface area contributed by atoms with E-state index in [4.69, 9.17) is 9.47 Å². The van der Waals surface area contributed by atoms with Crippen molar-refractivity contribution in [3.05, 3.63) is 10.8 Å². The van der Waals surface area contributed by atoms with Gasteiger partial charge in [-0.3, -0.25) is 0 Å². The van der Waals surface area contributed by atoms with Gasteiger partial charge in [-0.1, -0.05) is 19.3 Å². The molecule has 2 heterocycles. The summed E-state index contributed by atoms with van der Waals surface area (Å²) in [4.78, 5) is 0. The van der Waals surface area contributed by atoms with Crippen LogP contribution in [0, 0.1) is 5.92 Å². The Balaban J connectivity index is 0.00000220. The molecule has 0 atom stereocenters. The van der Waals surface area contributed by atoms with Crippen LogP contribution >= 0.6 is 11.3 Å². The second-order valence-electron chi connectivity index (χ2n) is 5.05. The minimum Gasteiger partial charge on any atom is -0.748 e. The molecule has 8 heteroatoms. The topological polar surface area (TPSA) is 75.7 Å². The average molecular weight is 342 g/mol. The number of fused-ring (bicyclic) bond motifs is 1. The third kappa shape index (κ3) is 7.34. The van der Waals surface area contributed by atoms with Crippen molar-refractivity contribution in [1.82, 2.24) is 0 Å². The summed E-state index contributed by atoms with van der Waals surface area (Å²) in [6.07, 6.45) is 4.18. The van der Waals surface area contributed by atoms with Crippen LogP contribution < -0.4 is 39.0 Å². The van der Waals surface area contributed by atoms with Gasteiger partial charge in [-0.05, 0) is 12.8 Å². The van der Waals surface area contributed by atoms with E-state index in [1.54, 1.807) is 11.3 Å². The second-order valence-corrected chi connectivity index (χ2v) is 7.32. The summed E-state index contributed by atoms with van der Waals surface area (Å²) in [5, 5.41) is 3.89. The first-order valence-electron chi connectivity index (χ1n) is 6.80. The van der Waals surface area contributed by atoms with Gasteiger partial charge in [0.25, 0.3) is 0 Å². The summed E-state index contributed by atoms with van der Waals surface area (Å²) in [7, 11) is -4.05. The van der Waals surface area contributed by atoms with Gasteiger partial charge in [0.2, 0.25) is 0 Å². The van der Waals surface area contributed by atoms with Crippen LogP contribution in [-0.4, -0.2) is 31.9 Å². The molecule has 0 fully saturated rings. The Morgan fingerprint density at radius 3 is 2.24 bits per heavy atom. The molecule has 1 aliphatic heterocycles. The van der Waals surface area contributed by atoms with Crippen molar-refractivity contribution in [1.29, 1.82) is 0 Å². The summed E-state index contributed by atoms with van der Waals surface area (Å²) < 4.78 is 42.7. The van der Waals surface area contributed by atoms with Gasteiger partial charge in [0.15, 0.2) is 11.5 Å². The first-order valence-corrected chi connectivity index (χ1v) is 9.32. The van der Waals surface area contributed by atoms with E-state index in [9.17, 15) is 13.0 Å². The number of unbranched alkanes of at least 4 members (excludes halogenated alkanes) is 3. The molecule has 0 aliphatic carbocycles. The Kier molecular flexibility index (Phi) is 8.59. The molecule has 0 amide bonds. The standard InChI is InChI=1S/C13H20O5S2.Na/c14-20(15,16)6-4-2-1-3-5-11-7-17-12-9-19-10-13(12)18-8-11;/h9-11H,1-8H2,(H,14,15,16);/q;+1/p-1. The van der Waals surface area contributed by atoms with Gasteiger partial charge in [-0.2, -0.15) is 0 Å². The molecule has 0 saturated carbocycles. The summed E-state index contributed by atoms with van der Waals surface area (Å²) in [5.41, 5.74) is 0.